The fraction of sp³-hybridized carbons (Fsp3) is 0.0667. The van der Waals surface area contributed by atoms with Crippen LogP contribution in [0.15, 0.2) is 40.9 Å². The Kier molecular flexibility index (Phi) is 4.06. The number of benzene rings is 2. The van der Waals surface area contributed by atoms with Crippen molar-refractivity contribution in [1.82, 2.24) is 0 Å². The van der Waals surface area contributed by atoms with Gasteiger partial charge < -0.3 is 9.84 Å². The van der Waals surface area contributed by atoms with Gasteiger partial charge >= 0.3 is 5.97 Å². The lowest BCUT2D eigenvalue weighted by Gasteiger charge is -2.10. The van der Waals surface area contributed by atoms with Crippen LogP contribution in [0.2, 0.25) is 0 Å². The monoisotopic (exact) mass is 331 g/mol. The van der Waals surface area contributed by atoms with Gasteiger partial charge in [0.2, 0.25) is 0 Å². The van der Waals surface area contributed by atoms with Crippen molar-refractivity contribution in [1.29, 1.82) is 5.26 Å². The fourth-order valence-electron chi connectivity index (χ4n) is 1.71. The highest BCUT2D eigenvalue weighted by molar-refractivity contribution is 9.10. The summed E-state index contributed by atoms with van der Waals surface area (Å²) < 4.78 is 6.26. The van der Waals surface area contributed by atoms with Crippen molar-refractivity contribution in [3.8, 4) is 17.6 Å². The van der Waals surface area contributed by atoms with E-state index in [2.05, 4.69) is 22.0 Å². The van der Waals surface area contributed by atoms with Gasteiger partial charge in [0.25, 0.3) is 0 Å². The lowest BCUT2D eigenvalue weighted by molar-refractivity contribution is 0.0694. The van der Waals surface area contributed by atoms with Crippen molar-refractivity contribution in [3.05, 3.63) is 57.6 Å². The summed E-state index contributed by atoms with van der Waals surface area (Å²) in [4.78, 5) is 11.2. The molecule has 0 aliphatic rings. The van der Waals surface area contributed by atoms with Gasteiger partial charge in [-0.15, -0.1) is 0 Å². The largest absolute Gasteiger partial charge is 0.478 e. The maximum atomic E-state index is 11.2. The molecule has 2 rings (SSSR count). The Morgan fingerprint density at radius 3 is 2.65 bits per heavy atom. The predicted molar refractivity (Wildman–Crippen MR) is 77.1 cm³/mol. The average molecular weight is 332 g/mol. The maximum absolute atomic E-state index is 11.2. The van der Waals surface area contributed by atoms with Crippen molar-refractivity contribution in [2.24, 2.45) is 0 Å². The van der Waals surface area contributed by atoms with E-state index in [-0.39, 0.29) is 11.3 Å². The van der Waals surface area contributed by atoms with Crippen LogP contribution in [0.1, 0.15) is 21.5 Å². The molecule has 0 spiro atoms. The summed E-state index contributed by atoms with van der Waals surface area (Å²) in [5, 5.41) is 18.0. The summed E-state index contributed by atoms with van der Waals surface area (Å²) in [5.41, 5.74) is 1.41. The number of hydrogen-bond donors (Lipinski definition) is 1. The Hall–Kier alpha value is -2.32. The molecule has 100 valence electrons. The predicted octanol–water partition coefficient (Wildman–Crippen LogP) is 4.12. The number of aryl methyl sites for hydroxylation is 1. The van der Waals surface area contributed by atoms with Crippen LogP contribution in [-0.4, -0.2) is 11.1 Å². The van der Waals surface area contributed by atoms with Crippen LogP contribution in [0, 0.1) is 18.3 Å². The highest BCUT2D eigenvalue weighted by Crippen LogP contribution is 2.29. The summed E-state index contributed by atoms with van der Waals surface area (Å²) >= 11 is 3.23. The number of carboxylic acid groups (broad SMARTS) is 1. The molecule has 0 amide bonds. The summed E-state index contributed by atoms with van der Waals surface area (Å²) in [6, 6.07) is 11.8. The number of hydrogen-bond acceptors (Lipinski definition) is 3. The molecule has 0 aliphatic heterocycles. The van der Waals surface area contributed by atoms with Crippen LogP contribution in [-0.2, 0) is 0 Å². The molecule has 5 heteroatoms. The first kappa shape index (κ1) is 14.1. The highest BCUT2D eigenvalue weighted by Gasteiger charge is 2.13. The van der Waals surface area contributed by atoms with E-state index < -0.39 is 5.97 Å². The molecule has 0 heterocycles. The molecule has 1 N–H and O–H groups in total. The van der Waals surface area contributed by atoms with Crippen LogP contribution in [0.5, 0.6) is 11.5 Å². The van der Waals surface area contributed by atoms with Gasteiger partial charge in [-0.25, -0.2) is 4.79 Å². The van der Waals surface area contributed by atoms with E-state index in [0.717, 1.165) is 5.56 Å². The van der Waals surface area contributed by atoms with Crippen molar-refractivity contribution in [3.63, 3.8) is 0 Å². The average Bonchev–Trinajstić information content (AvgIpc) is 2.41. The molecular weight excluding hydrogens is 322 g/mol. The summed E-state index contributed by atoms with van der Waals surface area (Å²) in [6.07, 6.45) is 0. The van der Waals surface area contributed by atoms with E-state index in [1.165, 1.54) is 6.07 Å². The second-order valence-electron chi connectivity index (χ2n) is 4.14. The van der Waals surface area contributed by atoms with E-state index >= 15 is 0 Å². The molecule has 4 nitrogen and oxygen atoms in total. The highest BCUT2D eigenvalue weighted by atomic mass is 79.9. The number of rotatable bonds is 3. The summed E-state index contributed by atoms with van der Waals surface area (Å²) in [5.74, 6) is -0.317. The Bertz CT molecular complexity index is 720. The SMILES string of the molecule is Cc1cc(Oc2ccc(Br)cc2C(=O)O)ccc1C#N. The zero-order chi connectivity index (χ0) is 14.7. The van der Waals surface area contributed by atoms with Crippen LogP contribution in [0.25, 0.3) is 0 Å². The number of halogens is 1. The molecule has 0 saturated heterocycles. The lowest BCUT2D eigenvalue weighted by atomic mass is 10.1. The summed E-state index contributed by atoms with van der Waals surface area (Å²) in [7, 11) is 0. The number of nitrogens with zero attached hydrogens (tertiary/aromatic N) is 1. The lowest BCUT2D eigenvalue weighted by Crippen LogP contribution is -2.00. The van der Waals surface area contributed by atoms with Crippen LogP contribution >= 0.6 is 15.9 Å². The molecule has 0 radical (unpaired) electrons. The van der Waals surface area contributed by atoms with Gasteiger partial charge in [0, 0.05) is 4.47 Å². The number of carbonyl (C=O) groups is 1. The standard InChI is InChI=1S/C15H10BrNO3/c1-9-6-12(4-2-10(9)8-17)20-14-5-3-11(16)7-13(14)15(18)19/h2-7H,1H3,(H,18,19). The Balaban J connectivity index is 2.38. The Morgan fingerprint density at radius 2 is 2.05 bits per heavy atom. The molecule has 0 unspecified atom stereocenters. The van der Waals surface area contributed by atoms with Gasteiger partial charge in [0.15, 0.2) is 0 Å². The molecule has 0 bridgehead atoms. The zero-order valence-electron chi connectivity index (χ0n) is 10.6. The topological polar surface area (TPSA) is 70.3 Å². The molecule has 2 aromatic rings. The van der Waals surface area contributed by atoms with Crippen LogP contribution < -0.4 is 4.74 Å². The first-order valence-corrected chi connectivity index (χ1v) is 6.52. The third-order valence-electron chi connectivity index (χ3n) is 2.72. The molecule has 2 aromatic carbocycles. The van der Waals surface area contributed by atoms with Gasteiger partial charge in [0.1, 0.15) is 17.1 Å². The minimum atomic E-state index is -1.06. The smallest absolute Gasteiger partial charge is 0.339 e. The van der Waals surface area contributed by atoms with E-state index in [0.29, 0.717) is 15.8 Å². The molecule has 20 heavy (non-hydrogen) atoms. The third-order valence-corrected chi connectivity index (χ3v) is 3.21. The number of carboxylic acids is 1. The molecule has 0 atom stereocenters. The number of ether oxygens (including phenoxy) is 1. The summed E-state index contributed by atoms with van der Waals surface area (Å²) in [6.45, 7) is 1.80. The molecule has 0 aromatic heterocycles. The minimum absolute atomic E-state index is 0.0707. The van der Waals surface area contributed by atoms with Gasteiger partial charge in [-0.1, -0.05) is 15.9 Å². The second kappa shape index (κ2) is 5.76. The van der Waals surface area contributed by atoms with Gasteiger partial charge in [-0.3, -0.25) is 0 Å². The molecule has 0 fully saturated rings. The molecule has 0 saturated carbocycles. The first-order chi connectivity index (χ1) is 9.51. The minimum Gasteiger partial charge on any atom is -0.478 e. The fourth-order valence-corrected chi connectivity index (χ4v) is 2.07. The zero-order valence-corrected chi connectivity index (χ0v) is 12.1. The third kappa shape index (κ3) is 2.98. The van der Waals surface area contributed by atoms with Crippen molar-refractivity contribution in [2.45, 2.75) is 6.92 Å². The van der Waals surface area contributed by atoms with E-state index in [4.69, 9.17) is 15.1 Å². The van der Waals surface area contributed by atoms with E-state index in [1.807, 2.05) is 0 Å². The molecular formula is C15H10BrNO3. The van der Waals surface area contributed by atoms with E-state index in [9.17, 15) is 4.79 Å². The van der Waals surface area contributed by atoms with Gasteiger partial charge in [-0.2, -0.15) is 5.26 Å². The van der Waals surface area contributed by atoms with Crippen molar-refractivity contribution in [2.75, 3.05) is 0 Å². The Labute approximate surface area is 124 Å². The normalized spacial score (nSPS) is 9.85. The van der Waals surface area contributed by atoms with Crippen molar-refractivity contribution >= 4 is 21.9 Å². The second-order valence-corrected chi connectivity index (χ2v) is 5.05. The Morgan fingerprint density at radius 1 is 1.30 bits per heavy atom. The number of aromatic carboxylic acids is 1. The first-order valence-electron chi connectivity index (χ1n) is 5.72. The molecule has 0 aliphatic carbocycles. The van der Waals surface area contributed by atoms with Crippen molar-refractivity contribution < 1.29 is 14.6 Å². The quantitative estimate of drug-likeness (QED) is 0.918. The van der Waals surface area contributed by atoms with E-state index in [1.54, 1.807) is 37.3 Å². The van der Waals surface area contributed by atoms with Gasteiger partial charge in [0.05, 0.1) is 11.6 Å². The van der Waals surface area contributed by atoms with Crippen LogP contribution in [0.4, 0.5) is 0 Å². The number of nitriles is 1. The maximum Gasteiger partial charge on any atom is 0.339 e. The van der Waals surface area contributed by atoms with Gasteiger partial charge in [-0.05, 0) is 48.9 Å². The van der Waals surface area contributed by atoms with Crippen LogP contribution in [0.3, 0.4) is 0 Å².